The molecule has 0 heterocycles. The van der Waals surface area contributed by atoms with E-state index in [1.807, 2.05) is 91.0 Å². The highest BCUT2D eigenvalue weighted by Gasteiger charge is 2.47. The molecule has 4 N–H and O–H groups in total. The summed E-state index contributed by atoms with van der Waals surface area (Å²) in [6, 6.07) is 27.6. The molecule has 3 aromatic rings. The lowest BCUT2D eigenvalue weighted by Crippen LogP contribution is -2.50. The molecule has 0 aliphatic carbocycles. The minimum absolute atomic E-state index is 0.00542. The van der Waals surface area contributed by atoms with Gasteiger partial charge in [0.2, 0.25) is 16.9 Å². The number of ether oxygens (including phenoxy) is 2. The maximum absolute atomic E-state index is 13.9. The van der Waals surface area contributed by atoms with Gasteiger partial charge in [-0.15, -0.1) is 0 Å². The number of benzene rings is 3. The quantitative estimate of drug-likeness (QED) is 0.155. The van der Waals surface area contributed by atoms with Gasteiger partial charge in [0.15, 0.2) is 0 Å². The van der Waals surface area contributed by atoms with Crippen molar-refractivity contribution in [3.8, 4) is 0 Å². The van der Waals surface area contributed by atoms with Gasteiger partial charge in [-0.3, -0.25) is 24.0 Å². The molecular formula is C33H39N3O7PS+. The number of carbonyl (C=O) groups excluding carboxylic acids is 5. The van der Waals surface area contributed by atoms with Crippen molar-refractivity contribution in [3.05, 3.63) is 91.0 Å². The number of rotatable bonds is 16. The summed E-state index contributed by atoms with van der Waals surface area (Å²) in [5, 5.41) is 8.02. The predicted octanol–water partition coefficient (Wildman–Crippen LogP) is 1.68. The lowest BCUT2D eigenvalue weighted by molar-refractivity contribution is -0.145. The monoisotopic (exact) mass is 652 g/mol. The van der Waals surface area contributed by atoms with E-state index in [2.05, 4.69) is 15.4 Å². The molecule has 45 heavy (non-hydrogen) atoms. The Balaban J connectivity index is 1.83. The van der Waals surface area contributed by atoms with E-state index in [9.17, 15) is 24.0 Å². The fourth-order valence-electron chi connectivity index (χ4n) is 4.64. The third-order valence-electron chi connectivity index (χ3n) is 6.93. The summed E-state index contributed by atoms with van der Waals surface area (Å²) >= 11 is 0.940. The van der Waals surface area contributed by atoms with E-state index in [0.717, 1.165) is 27.7 Å². The van der Waals surface area contributed by atoms with Gasteiger partial charge in [0, 0.05) is 12.2 Å². The zero-order valence-electron chi connectivity index (χ0n) is 25.3. The number of esters is 2. The molecule has 12 heteroatoms. The van der Waals surface area contributed by atoms with Crippen molar-refractivity contribution in [1.82, 2.24) is 10.6 Å². The van der Waals surface area contributed by atoms with Crippen molar-refractivity contribution in [3.63, 3.8) is 0 Å². The second-order valence-electron chi connectivity index (χ2n) is 9.97. The van der Waals surface area contributed by atoms with E-state index < -0.39 is 49.6 Å². The molecule has 0 spiro atoms. The summed E-state index contributed by atoms with van der Waals surface area (Å²) in [6.45, 7) is 1.41. The van der Waals surface area contributed by atoms with Crippen LogP contribution in [-0.4, -0.2) is 73.1 Å². The topological polar surface area (TPSA) is 154 Å². The van der Waals surface area contributed by atoms with E-state index in [4.69, 9.17) is 10.5 Å². The first-order valence-electron chi connectivity index (χ1n) is 14.5. The first-order chi connectivity index (χ1) is 21.7. The van der Waals surface area contributed by atoms with Crippen molar-refractivity contribution in [2.45, 2.75) is 31.8 Å². The smallest absolute Gasteiger partial charge is 0.325 e. The third-order valence-corrected chi connectivity index (χ3v) is 12.4. The van der Waals surface area contributed by atoms with Gasteiger partial charge in [-0.25, -0.2) is 0 Å². The summed E-state index contributed by atoms with van der Waals surface area (Å²) < 4.78 is 9.47. The lowest BCUT2D eigenvalue weighted by atomic mass is 10.1. The zero-order chi connectivity index (χ0) is 32.7. The van der Waals surface area contributed by atoms with E-state index >= 15 is 0 Å². The van der Waals surface area contributed by atoms with E-state index in [1.165, 1.54) is 7.11 Å². The molecule has 3 aromatic carbocycles. The van der Waals surface area contributed by atoms with Gasteiger partial charge in [0.05, 0.1) is 13.7 Å². The number of carbonyl (C=O) groups is 5. The number of nitrogens with one attached hydrogen (secondary N) is 2. The van der Waals surface area contributed by atoms with E-state index in [1.54, 1.807) is 6.92 Å². The van der Waals surface area contributed by atoms with Crippen molar-refractivity contribution >= 4 is 63.8 Å². The molecule has 2 atom stereocenters. The zero-order valence-corrected chi connectivity index (χ0v) is 27.1. The van der Waals surface area contributed by atoms with Gasteiger partial charge in [0.1, 0.15) is 48.0 Å². The summed E-state index contributed by atoms with van der Waals surface area (Å²) in [6.07, 6.45) is 0.0318. The maximum atomic E-state index is 13.9. The van der Waals surface area contributed by atoms with E-state index in [0.29, 0.717) is 0 Å². The number of methoxy groups -OCH3 is 1. The average Bonchev–Trinajstić information content (AvgIpc) is 3.07. The number of hydrogen-bond acceptors (Lipinski definition) is 9. The largest absolute Gasteiger partial charge is 0.468 e. The Bertz CT molecular complexity index is 1330. The van der Waals surface area contributed by atoms with Crippen LogP contribution in [0.2, 0.25) is 0 Å². The molecule has 0 radical (unpaired) electrons. The molecule has 0 bridgehead atoms. The van der Waals surface area contributed by atoms with Crippen LogP contribution in [0.25, 0.3) is 0 Å². The highest BCUT2D eigenvalue weighted by Crippen LogP contribution is 2.55. The fraction of sp³-hybridized carbons (Fsp3) is 0.303. The number of nitrogens with two attached hydrogens (primary N) is 1. The minimum atomic E-state index is -2.46. The normalized spacial score (nSPS) is 12.3. The van der Waals surface area contributed by atoms with Crippen LogP contribution in [0, 0.1) is 0 Å². The Kier molecular flexibility index (Phi) is 14.2. The SMILES string of the molecule is CCOC(=O)C(N)CCC(=O)NC(CSC(=O)C[P+](c1ccccc1)(c1ccccc1)c1ccccc1)C(=O)NCC(=O)OC. The summed E-state index contributed by atoms with van der Waals surface area (Å²) in [4.78, 5) is 63.2. The standard InChI is InChI=1S/C33H38N3O7PS/c1-3-43-33(41)27(34)19-20-29(37)36-28(32(40)35-21-30(38)42-2)23-45-31(39)22-44(24-13-7-4-8-14-24,25-15-9-5-10-16-25)26-17-11-6-12-18-26/h4-18,27-28H,3,19-23,34H2,1-2H3,(H-,35,36,37,40)/p+1. The highest BCUT2D eigenvalue weighted by molar-refractivity contribution is 8.15. The van der Waals surface area contributed by atoms with Crippen LogP contribution in [0.15, 0.2) is 91.0 Å². The molecule has 0 saturated carbocycles. The highest BCUT2D eigenvalue weighted by atomic mass is 32.2. The Morgan fingerprint density at radius 1 is 0.844 bits per heavy atom. The predicted molar refractivity (Wildman–Crippen MR) is 178 cm³/mol. The van der Waals surface area contributed by atoms with Crippen molar-refractivity contribution in [1.29, 1.82) is 0 Å². The molecule has 0 aromatic heterocycles. The molecule has 10 nitrogen and oxygen atoms in total. The van der Waals surface area contributed by atoms with Crippen molar-refractivity contribution in [2.24, 2.45) is 5.73 Å². The maximum Gasteiger partial charge on any atom is 0.325 e. The Hall–Kier alpha value is -4.05. The van der Waals surface area contributed by atoms with Crippen LogP contribution < -0.4 is 32.3 Å². The summed E-state index contributed by atoms with van der Waals surface area (Å²) in [5.74, 6) is -2.57. The van der Waals surface area contributed by atoms with Crippen molar-refractivity contribution in [2.75, 3.05) is 32.2 Å². The molecule has 0 saturated heterocycles. The number of thioether (sulfide) groups is 1. The second-order valence-corrected chi connectivity index (χ2v) is 14.5. The number of hydrogen-bond donors (Lipinski definition) is 3. The Labute approximate surface area is 268 Å². The molecule has 0 fully saturated rings. The molecule has 0 aliphatic rings. The van der Waals surface area contributed by atoms with Crippen LogP contribution in [0.4, 0.5) is 0 Å². The molecular weight excluding hydrogens is 613 g/mol. The van der Waals surface area contributed by atoms with Gasteiger partial charge in [-0.2, -0.15) is 0 Å². The first kappa shape index (κ1) is 35.4. The van der Waals surface area contributed by atoms with Crippen molar-refractivity contribution < 1.29 is 33.4 Å². The van der Waals surface area contributed by atoms with Crippen LogP contribution in [-0.2, 0) is 33.4 Å². The molecule has 238 valence electrons. The molecule has 2 unspecified atom stereocenters. The first-order valence-corrected chi connectivity index (χ1v) is 17.4. The minimum Gasteiger partial charge on any atom is -0.468 e. The van der Waals surface area contributed by atoms with Crippen LogP contribution >= 0.6 is 19.0 Å². The Morgan fingerprint density at radius 3 is 1.82 bits per heavy atom. The van der Waals surface area contributed by atoms with Crippen LogP contribution in [0.3, 0.4) is 0 Å². The van der Waals surface area contributed by atoms with Gasteiger partial charge in [-0.05, 0) is 49.7 Å². The van der Waals surface area contributed by atoms with Crippen LogP contribution in [0.1, 0.15) is 19.8 Å². The van der Waals surface area contributed by atoms with Gasteiger partial charge in [-0.1, -0.05) is 66.4 Å². The van der Waals surface area contributed by atoms with Gasteiger partial charge < -0.3 is 25.8 Å². The third kappa shape index (κ3) is 10.2. The summed E-state index contributed by atoms with van der Waals surface area (Å²) in [5.41, 5.74) is 5.81. The fourth-order valence-corrected chi connectivity index (χ4v) is 10.0. The lowest BCUT2D eigenvalue weighted by Gasteiger charge is -2.27. The molecule has 3 rings (SSSR count). The van der Waals surface area contributed by atoms with Gasteiger partial charge in [0.25, 0.3) is 0 Å². The molecule has 0 aliphatic heterocycles. The number of amides is 2. The van der Waals surface area contributed by atoms with E-state index in [-0.39, 0.29) is 36.5 Å². The summed E-state index contributed by atoms with van der Waals surface area (Å²) in [7, 11) is -1.27. The molecule has 2 amide bonds. The van der Waals surface area contributed by atoms with Crippen LogP contribution in [0.5, 0.6) is 0 Å². The van der Waals surface area contributed by atoms with Gasteiger partial charge >= 0.3 is 11.9 Å². The second kappa shape index (κ2) is 18.0. The average molecular weight is 653 g/mol. The Morgan fingerprint density at radius 2 is 1.36 bits per heavy atom.